The maximum atomic E-state index is 12.1. The molecular weight excluding hydrogens is 314 g/mol. The Balaban J connectivity index is 1.72. The molecule has 2 rings (SSSR count). The molecule has 1 fully saturated rings. The first-order chi connectivity index (χ1) is 11.6. The molecule has 1 aromatic carbocycles. The van der Waals surface area contributed by atoms with Gasteiger partial charge in [0, 0.05) is 19.3 Å². The quantitative estimate of drug-likeness (QED) is 0.690. The van der Waals surface area contributed by atoms with Gasteiger partial charge in [-0.05, 0) is 37.1 Å². The Hall–Kier alpha value is -2.12. The van der Waals surface area contributed by atoms with Crippen molar-refractivity contribution >= 4 is 17.6 Å². The van der Waals surface area contributed by atoms with Gasteiger partial charge in [0.2, 0.25) is 5.91 Å². The van der Waals surface area contributed by atoms with E-state index < -0.39 is 12.6 Å². The minimum atomic E-state index is -1.03. The van der Waals surface area contributed by atoms with Crippen molar-refractivity contribution in [1.82, 2.24) is 0 Å². The first-order valence-corrected chi connectivity index (χ1v) is 7.97. The molecule has 1 amide bonds. The number of ether oxygens (including phenoxy) is 3. The first kappa shape index (κ1) is 18.2. The molecule has 0 aromatic heterocycles. The van der Waals surface area contributed by atoms with Crippen molar-refractivity contribution in [3.63, 3.8) is 0 Å². The summed E-state index contributed by atoms with van der Waals surface area (Å²) in [4.78, 5) is 24.1. The van der Waals surface area contributed by atoms with Crippen LogP contribution < -0.4 is 9.64 Å². The summed E-state index contributed by atoms with van der Waals surface area (Å²) in [5, 5.41) is 8.56. The number of aliphatic carboxylic acids is 1. The van der Waals surface area contributed by atoms with E-state index in [1.54, 1.807) is 31.3 Å². The fraction of sp³-hybridized carbons (Fsp3) is 0.529. The number of nitrogens with zero attached hydrogens (tertiary/aromatic N) is 1. The molecule has 1 saturated heterocycles. The molecule has 1 N–H and O–H groups in total. The Labute approximate surface area is 141 Å². The molecule has 0 bridgehead atoms. The molecular formula is C17H23NO6. The van der Waals surface area contributed by atoms with Crippen LogP contribution in [0.5, 0.6) is 5.75 Å². The molecule has 24 heavy (non-hydrogen) atoms. The Morgan fingerprint density at radius 3 is 2.71 bits per heavy atom. The number of carboxylic acids is 1. The van der Waals surface area contributed by atoms with Crippen LogP contribution in [0, 0.1) is 0 Å². The van der Waals surface area contributed by atoms with Gasteiger partial charge in [-0.1, -0.05) is 0 Å². The molecule has 7 nitrogen and oxygen atoms in total. The summed E-state index contributed by atoms with van der Waals surface area (Å²) >= 11 is 0. The van der Waals surface area contributed by atoms with Gasteiger partial charge in [0.05, 0.1) is 25.7 Å². The minimum Gasteiger partial charge on any atom is -0.482 e. The molecule has 1 heterocycles. The lowest BCUT2D eigenvalue weighted by atomic mass is 10.2. The van der Waals surface area contributed by atoms with Crippen molar-refractivity contribution < 1.29 is 28.9 Å². The lowest BCUT2D eigenvalue weighted by Gasteiger charge is -2.18. The van der Waals surface area contributed by atoms with Crippen LogP contribution in [0.3, 0.4) is 0 Å². The fourth-order valence-electron chi connectivity index (χ4n) is 2.37. The predicted octanol–water partition coefficient (Wildman–Crippen LogP) is 1.70. The zero-order valence-electron chi connectivity index (χ0n) is 13.8. The van der Waals surface area contributed by atoms with Crippen LogP contribution in [0.2, 0.25) is 0 Å². The predicted molar refractivity (Wildman–Crippen MR) is 87.4 cm³/mol. The van der Waals surface area contributed by atoms with Gasteiger partial charge in [0.1, 0.15) is 5.75 Å². The van der Waals surface area contributed by atoms with Gasteiger partial charge < -0.3 is 24.2 Å². The second-order valence-corrected chi connectivity index (χ2v) is 5.59. The number of carboxylic acid groups (broad SMARTS) is 1. The Kier molecular flexibility index (Phi) is 7.02. The summed E-state index contributed by atoms with van der Waals surface area (Å²) in [6.07, 6.45) is 2.54. The van der Waals surface area contributed by atoms with Gasteiger partial charge in [-0.25, -0.2) is 4.79 Å². The van der Waals surface area contributed by atoms with Crippen molar-refractivity contribution in [3.05, 3.63) is 24.3 Å². The summed E-state index contributed by atoms with van der Waals surface area (Å²) in [6.45, 7) is 1.30. The summed E-state index contributed by atoms with van der Waals surface area (Å²) < 4.78 is 16.0. The summed E-state index contributed by atoms with van der Waals surface area (Å²) in [5.74, 6) is -0.641. The van der Waals surface area contributed by atoms with Crippen molar-refractivity contribution in [2.45, 2.75) is 25.4 Å². The Morgan fingerprint density at radius 1 is 1.33 bits per heavy atom. The molecule has 0 aliphatic carbocycles. The molecule has 0 spiro atoms. The van der Waals surface area contributed by atoms with Crippen LogP contribution in [0.15, 0.2) is 24.3 Å². The molecule has 1 unspecified atom stereocenters. The standard InChI is InChI=1S/C17H23NO6/c1-18(13-4-6-14(7-5-13)24-12-17(20)21)16(19)8-10-22-11-15-3-2-9-23-15/h4-7,15H,2-3,8-12H2,1H3,(H,20,21). The highest BCUT2D eigenvalue weighted by Crippen LogP contribution is 2.19. The summed E-state index contributed by atoms with van der Waals surface area (Å²) in [6, 6.07) is 6.69. The smallest absolute Gasteiger partial charge is 0.341 e. The van der Waals surface area contributed by atoms with Crippen molar-refractivity contribution in [3.8, 4) is 5.75 Å². The Bertz CT molecular complexity index is 539. The van der Waals surface area contributed by atoms with E-state index in [0.717, 1.165) is 19.4 Å². The van der Waals surface area contributed by atoms with Gasteiger partial charge in [-0.2, -0.15) is 0 Å². The maximum Gasteiger partial charge on any atom is 0.341 e. The third-order valence-electron chi connectivity index (χ3n) is 3.75. The van der Waals surface area contributed by atoms with Crippen LogP contribution in [-0.4, -0.2) is 56.6 Å². The van der Waals surface area contributed by atoms with Crippen LogP contribution in [0.4, 0.5) is 5.69 Å². The molecule has 1 aliphatic rings. The highest BCUT2D eigenvalue weighted by Gasteiger charge is 2.16. The van der Waals surface area contributed by atoms with E-state index in [1.807, 2.05) is 0 Å². The number of rotatable bonds is 9. The number of benzene rings is 1. The van der Waals surface area contributed by atoms with Crippen LogP contribution in [-0.2, 0) is 19.1 Å². The molecule has 132 valence electrons. The van der Waals surface area contributed by atoms with Crippen molar-refractivity contribution in [1.29, 1.82) is 0 Å². The van der Waals surface area contributed by atoms with E-state index in [1.165, 1.54) is 4.90 Å². The molecule has 0 saturated carbocycles. The number of hydrogen-bond donors (Lipinski definition) is 1. The fourth-order valence-corrected chi connectivity index (χ4v) is 2.37. The second kappa shape index (κ2) is 9.24. The highest BCUT2D eigenvalue weighted by molar-refractivity contribution is 5.92. The number of amides is 1. The van der Waals surface area contributed by atoms with E-state index in [2.05, 4.69) is 0 Å². The van der Waals surface area contributed by atoms with Gasteiger partial charge in [-0.3, -0.25) is 4.79 Å². The minimum absolute atomic E-state index is 0.0541. The third kappa shape index (κ3) is 5.82. The van der Waals surface area contributed by atoms with E-state index in [0.29, 0.717) is 31.1 Å². The highest BCUT2D eigenvalue weighted by atomic mass is 16.5. The second-order valence-electron chi connectivity index (χ2n) is 5.59. The number of hydrogen-bond acceptors (Lipinski definition) is 5. The van der Waals surface area contributed by atoms with Gasteiger partial charge >= 0.3 is 5.97 Å². The average Bonchev–Trinajstić information content (AvgIpc) is 3.10. The van der Waals surface area contributed by atoms with E-state index in [-0.39, 0.29) is 12.0 Å². The van der Waals surface area contributed by atoms with Gasteiger partial charge in [0.15, 0.2) is 6.61 Å². The molecule has 7 heteroatoms. The summed E-state index contributed by atoms with van der Waals surface area (Å²) in [7, 11) is 1.69. The normalized spacial score (nSPS) is 16.8. The number of anilines is 1. The lowest BCUT2D eigenvalue weighted by molar-refractivity contribution is -0.139. The monoisotopic (exact) mass is 337 g/mol. The molecule has 1 aliphatic heterocycles. The summed E-state index contributed by atoms with van der Waals surface area (Å²) in [5.41, 5.74) is 0.710. The lowest BCUT2D eigenvalue weighted by Crippen LogP contribution is -2.27. The molecule has 0 radical (unpaired) electrons. The zero-order chi connectivity index (χ0) is 17.4. The van der Waals surface area contributed by atoms with Crippen LogP contribution >= 0.6 is 0 Å². The van der Waals surface area contributed by atoms with Gasteiger partial charge in [0.25, 0.3) is 0 Å². The first-order valence-electron chi connectivity index (χ1n) is 7.97. The van der Waals surface area contributed by atoms with E-state index in [4.69, 9.17) is 19.3 Å². The number of carbonyl (C=O) groups excluding carboxylic acids is 1. The molecule has 1 atom stereocenters. The maximum absolute atomic E-state index is 12.1. The van der Waals surface area contributed by atoms with E-state index in [9.17, 15) is 9.59 Å². The topological polar surface area (TPSA) is 85.3 Å². The third-order valence-corrected chi connectivity index (χ3v) is 3.75. The van der Waals surface area contributed by atoms with Crippen molar-refractivity contribution in [2.24, 2.45) is 0 Å². The Morgan fingerprint density at radius 2 is 2.08 bits per heavy atom. The van der Waals surface area contributed by atoms with Crippen molar-refractivity contribution in [2.75, 3.05) is 38.4 Å². The van der Waals surface area contributed by atoms with Crippen LogP contribution in [0.1, 0.15) is 19.3 Å². The largest absolute Gasteiger partial charge is 0.482 e. The SMILES string of the molecule is CN(C(=O)CCOCC1CCCO1)c1ccc(OCC(=O)O)cc1. The number of carbonyl (C=O) groups is 2. The van der Waals surface area contributed by atoms with E-state index >= 15 is 0 Å². The van der Waals surface area contributed by atoms with Gasteiger partial charge in [-0.15, -0.1) is 0 Å². The zero-order valence-corrected chi connectivity index (χ0v) is 13.8. The molecule has 1 aromatic rings. The van der Waals surface area contributed by atoms with Crippen LogP contribution in [0.25, 0.3) is 0 Å². The average molecular weight is 337 g/mol.